The number of nitrogens with zero attached hydrogens (tertiary/aromatic N) is 2. The Kier molecular flexibility index (Phi) is 9.12. The van der Waals surface area contributed by atoms with Crippen LogP contribution < -0.4 is 5.32 Å². The number of carboxylic acid groups (broad SMARTS) is 1. The summed E-state index contributed by atoms with van der Waals surface area (Å²) in [5, 5.41) is 13.1. The van der Waals surface area contributed by atoms with Crippen molar-refractivity contribution in [1.82, 2.24) is 14.5 Å². The summed E-state index contributed by atoms with van der Waals surface area (Å²) in [4.78, 5) is 40.2. The average Bonchev–Trinajstić information content (AvgIpc) is 3.54. The Labute approximate surface area is 229 Å². The fraction of sp³-hybridized carbons (Fsp3) is 0.536. The number of aliphatic carboxylic acids is 1. The summed E-state index contributed by atoms with van der Waals surface area (Å²) in [6, 6.07) is 4.37. The van der Waals surface area contributed by atoms with Crippen molar-refractivity contribution >= 4 is 38.8 Å². The molecule has 0 radical (unpaired) electrons. The van der Waals surface area contributed by atoms with Crippen LogP contribution in [0.15, 0.2) is 52.0 Å². The Morgan fingerprint density at radius 1 is 1.18 bits per heavy atom. The van der Waals surface area contributed by atoms with Crippen molar-refractivity contribution in [1.29, 1.82) is 0 Å². The van der Waals surface area contributed by atoms with Crippen molar-refractivity contribution in [3.8, 4) is 0 Å². The molecule has 212 valence electrons. The third kappa shape index (κ3) is 6.70. The highest BCUT2D eigenvalue weighted by Crippen LogP contribution is 2.29. The Bertz CT molecular complexity index is 1340. The van der Waals surface area contributed by atoms with E-state index in [2.05, 4.69) is 5.32 Å². The molecule has 2 aliphatic heterocycles. The molecule has 0 aliphatic carbocycles. The number of rotatable bonds is 5. The number of nitrogens with one attached hydrogen (secondary N) is 1. The molecule has 0 spiro atoms. The van der Waals surface area contributed by atoms with E-state index in [9.17, 15) is 27.9 Å². The molecule has 2 aromatic rings. The number of hydrogen-bond acceptors (Lipinski definition) is 6. The Hall–Kier alpha value is -3.18. The largest absolute Gasteiger partial charge is 0.480 e. The molecule has 0 bridgehead atoms. The summed E-state index contributed by atoms with van der Waals surface area (Å²) in [6.07, 6.45) is 10.1. The zero-order valence-corrected chi connectivity index (χ0v) is 23.2. The van der Waals surface area contributed by atoms with Crippen LogP contribution in [0, 0.1) is 11.8 Å². The van der Waals surface area contributed by atoms with Crippen LogP contribution in [0.1, 0.15) is 51.9 Å². The number of allylic oxidation sites excluding steroid dienone is 1. The first-order valence-electron chi connectivity index (χ1n) is 13.5. The molecule has 1 fully saturated rings. The van der Waals surface area contributed by atoms with Crippen molar-refractivity contribution in [3.05, 3.63) is 42.7 Å². The summed E-state index contributed by atoms with van der Waals surface area (Å²) in [6.45, 7) is 2.08. The van der Waals surface area contributed by atoms with Gasteiger partial charge in [0.05, 0.1) is 11.2 Å². The molecule has 2 N–H and O–H groups in total. The van der Waals surface area contributed by atoms with Gasteiger partial charge in [0.2, 0.25) is 21.8 Å². The van der Waals surface area contributed by atoms with Crippen LogP contribution in [0.3, 0.4) is 0 Å². The number of hydrogen-bond donors (Lipinski definition) is 2. The summed E-state index contributed by atoms with van der Waals surface area (Å²) >= 11 is 0. The van der Waals surface area contributed by atoms with Gasteiger partial charge in [0.25, 0.3) is 0 Å². The van der Waals surface area contributed by atoms with E-state index in [0.717, 1.165) is 25.7 Å². The number of carbonyl (C=O) groups is 3. The van der Waals surface area contributed by atoms with Gasteiger partial charge < -0.3 is 19.7 Å². The first-order chi connectivity index (χ1) is 18.6. The lowest BCUT2D eigenvalue weighted by atomic mass is 9.99. The predicted octanol–water partition coefficient (Wildman–Crippen LogP) is 3.39. The third-order valence-corrected chi connectivity index (χ3v) is 9.52. The number of amides is 2. The van der Waals surface area contributed by atoms with Crippen molar-refractivity contribution in [2.75, 3.05) is 20.1 Å². The lowest BCUT2D eigenvalue weighted by molar-refractivity contribution is -0.144. The molecular formula is C28H37N3O7S. The highest BCUT2D eigenvalue weighted by Gasteiger charge is 2.42. The van der Waals surface area contributed by atoms with E-state index < -0.39 is 39.9 Å². The number of fused-ring (bicyclic) bond motifs is 2. The van der Waals surface area contributed by atoms with Gasteiger partial charge in [-0.2, -0.15) is 0 Å². The maximum Gasteiger partial charge on any atom is 0.326 e. The smallest absolute Gasteiger partial charge is 0.326 e. The molecule has 1 unspecified atom stereocenters. The summed E-state index contributed by atoms with van der Waals surface area (Å²) in [5.74, 6) is -2.55. The number of furan rings is 1. The SMILES string of the molecule is C[C@H]1/C=C\CCCCCCC(=O)N2C[C@H](CN(C)S(=O)(=O)c3ccc4occc4c3)C[C@H]2C(=O)NC1C(=O)O. The Morgan fingerprint density at radius 3 is 2.72 bits per heavy atom. The van der Waals surface area contributed by atoms with E-state index in [1.54, 1.807) is 25.1 Å². The van der Waals surface area contributed by atoms with E-state index >= 15 is 0 Å². The molecular weight excluding hydrogens is 522 g/mol. The Balaban J connectivity index is 1.52. The normalized spacial score (nSPS) is 26.6. The average molecular weight is 560 g/mol. The number of carbonyl (C=O) groups excluding carboxylic acids is 2. The molecule has 39 heavy (non-hydrogen) atoms. The number of sulfonamides is 1. The molecule has 1 aromatic heterocycles. The minimum absolute atomic E-state index is 0.112. The van der Waals surface area contributed by atoms with Gasteiger partial charge in [0, 0.05) is 37.9 Å². The topological polar surface area (TPSA) is 137 Å². The first-order valence-corrected chi connectivity index (χ1v) is 14.9. The standard InChI is InChI=1S/C28H37N3O7S/c1-19-9-7-5-3-4-6-8-10-25(32)31-18-20(15-23(31)27(33)29-26(19)28(34)35)17-30(2)39(36,37)22-11-12-24-21(16-22)13-14-38-24/h7,9,11-14,16,19-20,23,26H,3-6,8,10,15,17-18H2,1-2H3,(H,29,33)(H,34,35)/b9-7-/t19-,20-,23-,26?/m0/s1. The third-order valence-electron chi connectivity index (χ3n) is 7.70. The van der Waals surface area contributed by atoms with Crippen LogP contribution in [-0.4, -0.2) is 72.7 Å². The quantitative estimate of drug-likeness (QED) is 0.536. The van der Waals surface area contributed by atoms with E-state index in [4.69, 9.17) is 4.42 Å². The van der Waals surface area contributed by atoms with Gasteiger partial charge in [-0.1, -0.05) is 31.9 Å². The van der Waals surface area contributed by atoms with Crippen LogP contribution >= 0.6 is 0 Å². The first kappa shape index (κ1) is 28.8. The summed E-state index contributed by atoms with van der Waals surface area (Å²) in [7, 11) is -2.34. The number of carboxylic acids is 1. The Morgan fingerprint density at radius 2 is 1.95 bits per heavy atom. The van der Waals surface area contributed by atoms with Gasteiger partial charge in [-0.05, 0) is 55.9 Å². The molecule has 10 nitrogen and oxygen atoms in total. The lowest BCUT2D eigenvalue weighted by Crippen LogP contribution is -2.52. The lowest BCUT2D eigenvalue weighted by Gasteiger charge is -2.26. The van der Waals surface area contributed by atoms with E-state index in [0.29, 0.717) is 23.8 Å². The fourth-order valence-electron chi connectivity index (χ4n) is 5.45. The molecule has 3 heterocycles. The molecule has 2 amide bonds. The second-order valence-corrected chi connectivity index (χ2v) is 12.7. The fourth-order valence-corrected chi connectivity index (χ4v) is 6.73. The minimum Gasteiger partial charge on any atom is -0.480 e. The highest BCUT2D eigenvalue weighted by atomic mass is 32.2. The van der Waals surface area contributed by atoms with Gasteiger partial charge >= 0.3 is 5.97 Å². The maximum atomic E-state index is 13.4. The second kappa shape index (κ2) is 12.3. The van der Waals surface area contributed by atoms with Crippen LogP contribution in [0.4, 0.5) is 0 Å². The van der Waals surface area contributed by atoms with Crippen molar-refractivity contribution < 1.29 is 32.3 Å². The molecule has 1 aromatic carbocycles. The number of benzene rings is 1. The van der Waals surface area contributed by atoms with Crippen molar-refractivity contribution in [2.45, 2.75) is 68.8 Å². The van der Waals surface area contributed by atoms with E-state index in [1.807, 2.05) is 12.2 Å². The van der Waals surface area contributed by atoms with Crippen molar-refractivity contribution in [3.63, 3.8) is 0 Å². The van der Waals surface area contributed by atoms with Crippen LogP contribution in [0.2, 0.25) is 0 Å². The van der Waals surface area contributed by atoms with E-state index in [1.165, 1.54) is 28.6 Å². The predicted molar refractivity (Wildman–Crippen MR) is 145 cm³/mol. The highest BCUT2D eigenvalue weighted by molar-refractivity contribution is 7.89. The van der Waals surface area contributed by atoms with Crippen LogP contribution in [0.5, 0.6) is 0 Å². The molecule has 1 saturated heterocycles. The maximum absolute atomic E-state index is 13.4. The minimum atomic E-state index is -3.83. The van der Waals surface area contributed by atoms with Crippen LogP contribution in [0.25, 0.3) is 11.0 Å². The molecule has 4 rings (SSSR count). The van der Waals surface area contributed by atoms with E-state index in [-0.39, 0.29) is 36.2 Å². The van der Waals surface area contributed by atoms with Gasteiger partial charge in [-0.3, -0.25) is 9.59 Å². The summed E-state index contributed by atoms with van der Waals surface area (Å²) in [5.41, 5.74) is 0.589. The second-order valence-electron chi connectivity index (χ2n) is 10.6. The zero-order valence-electron chi connectivity index (χ0n) is 22.4. The van der Waals surface area contributed by atoms with Gasteiger partial charge in [0.1, 0.15) is 17.7 Å². The van der Waals surface area contributed by atoms with Gasteiger partial charge in [-0.25, -0.2) is 17.5 Å². The molecule has 4 atom stereocenters. The summed E-state index contributed by atoms with van der Waals surface area (Å²) < 4.78 is 33.2. The monoisotopic (exact) mass is 559 g/mol. The van der Waals surface area contributed by atoms with Crippen LogP contribution in [-0.2, 0) is 24.4 Å². The molecule has 2 aliphatic rings. The van der Waals surface area contributed by atoms with Gasteiger partial charge in [0.15, 0.2) is 0 Å². The molecule has 11 heteroatoms. The van der Waals surface area contributed by atoms with Gasteiger partial charge in [-0.15, -0.1) is 0 Å². The zero-order chi connectivity index (χ0) is 28.2. The molecule has 0 saturated carbocycles. The van der Waals surface area contributed by atoms with Crippen molar-refractivity contribution in [2.24, 2.45) is 11.8 Å².